The lowest BCUT2D eigenvalue weighted by molar-refractivity contribution is -0.124. The Labute approximate surface area is 314 Å². The van der Waals surface area contributed by atoms with Crippen molar-refractivity contribution in [1.82, 2.24) is 29.7 Å². The Morgan fingerprint density at radius 1 is 1.04 bits per heavy atom. The zero-order chi connectivity index (χ0) is 38.5. The number of ether oxygens (including phenoxy) is 1. The van der Waals surface area contributed by atoms with Crippen LogP contribution < -0.4 is 15.5 Å². The Morgan fingerprint density at radius 2 is 1.74 bits per heavy atom. The van der Waals surface area contributed by atoms with Gasteiger partial charge in [-0.2, -0.15) is 0 Å². The number of anilines is 3. The normalized spacial score (nSPS) is 23.2. The number of nitrogens with zero attached hydrogens (tertiary/aromatic N) is 6. The van der Waals surface area contributed by atoms with Gasteiger partial charge in [-0.15, -0.1) is 0 Å². The summed E-state index contributed by atoms with van der Waals surface area (Å²) in [5.74, 6) is -3.90. The molecule has 2 aliphatic carbocycles. The van der Waals surface area contributed by atoms with Gasteiger partial charge in [0.05, 0.1) is 63.8 Å². The summed E-state index contributed by atoms with van der Waals surface area (Å²) >= 11 is 6.06. The number of nitrogens with one attached hydrogen (secondary N) is 2. The van der Waals surface area contributed by atoms with Crippen LogP contribution in [0.2, 0.25) is 5.02 Å². The molecule has 5 heterocycles. The number of hydrogen-bond acceptors (Lipinski definition) is 8. The molecule has 11 nitrogen and oxygen atoms in total. The Morgan fingerprint density at radius 3 is 2.39 bits per heavy atom. The first-order valence-electron chi connectivity index (χ1n) is 18.1. The third-order valence-corrected chi connectivity index (χ3v) is 12.0. The van der Waals surface area contributed by atoms with E-state index >= 15 is 8.78 Å². The van der Waals surface area contributed by atoms with Gasteiger partial charge in [0.15, 0.2) is 17.5 Å². The van der Waals surface area contributed by atoms with Crippen LogP contribution in [0.5, 0.6) is 0 Å². The quantitative estimate of drug-likeness (QED) is 0.136. The molecule has 1 aromatic carbocycles. The molecule has 0 bridgehead atoms. The maximum Gasteiger partial charge on any atom is 0.261 e. The third kappa shape index (κ3) is 5.81. The number of amides is 2. The number of pyridine rings is 2. The van der Waals surface area contributed by atoms with Gasteiger partial charge < -0.3 is 24.8 Å². The fourth-order valence-electron chi connectivity index (χ4n) is 8.13. The van der Waals surface area contributed by atoms with Crippen LogP contribution in [0.3, 0.4) is 0 Å². The SMILES string of the molecule is CC(C)n1cnc2cc(-c3cnc4c(c3)N([C@H]3C[C@@](C)(N5CCOCC5)C3)C(=O)C4(C)C)nc(Nc3cc(C(=O)NC4(C(F)F)CC4)c(Cl)c(F)c3F)c21. The highest BCUT2D eigenvalue weighted by atomic mass is 35.5. The Hall–Kier alpha value is -4.34. The lowest BCUT2D eigenvalue weighted by atomic mass is 9.71. The van der Waals surface area contributed by atoms with Crippen molar-refractivity contribution in [3.63, 3.8) is 0 Å². The first-order chi connectivity index (χ1) is 25.5. The number of imidazole rings is 1. The highest BCUT2D eigenvalue weighted by Crippen LogP contribution is 2.50. The van der Waals surface area contributed by atoms with E-state index in [9.17, 15) is 18.4 Å². The molecule has 2 aliphatic heterocycles. The molecule has 0 atom stereocenters. The molecule has 3 aromatic heterocycles. The van der Waals surface area contributed by atoms with Gasteiger partial charge >= 0.3 is 0 Å². The minimum absolute atomic E-state index is 0.0259. The van der Waals surface area contributed by atoms with Crippen molar-refractivity contribution < 1.29 is 31.9 Å². The number of fused-ring (bicyclic) bond motifs is 2. The molecule has 8 rings (SSSR count). The smallest absolute Gasteiger partial charge is 0.261 e. The average molecular weight is 769 g/mol. The topological polar surface area (TPSA) is 118 Å². The van der Waals surface area contributed by atoms with Crippen LogP contribution in [0.4, 0.5) is 34.8 Å². The second-order valence-corrected chi connectivity index (χ2v) is 16.3. The van der Waals surface area contributed by atoms with Crippen LogP contribution >= 0.6 is 11.6 Å². The Kier molecular flexibility index (Phi) is 8.73. The van der Waals surface area contributed by atoms with E-state index in [1.165, 1.54) is 0 Å². The highest BCUT2D eigenvalue weighted by Gasteiger charge is 2.55. The summed E-state index contributed by atoms with van der Waals surface area (Å²) in [6.07, 6.45) is 2.10. The summed E-state index contributed by atoms with van der Waals surface area (Å²) in [6.45, 7) is 12.9. The van der Waals surface area contributed by atoms with E-state index < -0.39 is 51.2 Å². The Bertz CT molecular complexity index is 2190. The van der Waals surface area contributed by atoms with Gasteiger partial charge in [-0.05, 0) is 78.5 Å². The fraction of sp³-hybridized carbons (Fsp3) is 0.500. The molecular weight excluding hydrogens is 728 g/mol. The molecule has 16 heteroatoms. The van der Waals surface area contributed by atoms with E-state index in [4.69, 9.17) is 26.3 Å². The third-order valence-electron chi connectivity index (χ3n) is 11.6. The number of aromatic nitrogens is 4. The Balaban J connectivity index is 1.17. The standard InChI is InChI=1S/C38H41ClF4N8O3/c1-19(2)50-18-45-25-14-23(46-32(30(25)50)47-24-13-22(27(39)29(41)28(24)40)33(52)48-38(6-7-38)34(42)43)20-12-26-31(44-17-20)36(3,4)35(53)51(26)21-15-37(5,16-21)49-8-10-54-11-9-49/h12-14,17-19,21,34H,6-11,15-16H2,1-5H3,(H,46,47)(H,48,52)/t21-,37+. The van der Waals surface area contributed by atoms with Crippen LogP contribution in [0, 0.1) is 11.6 Å². The number of carbonyl (C=O) groups is 2. The monoisotopic (exact) mass is 768 g/mol. The van der Waals surface area contributed by atoms with Gasteiger partial charge in [-0.1, -0.05) is 11.6 Å². The highest BCUT2D eigenvalue weighted by molar-refractivity contribution is 6.34. The van der Waals surface area contributed by atoms with Gasteiger partial charge in [-0.3, -0.25) is 19.5 Å². The molecule has 54 heavy (non-hydrogen) atoms. The molecule has 2 amide bonds. The number of rotatable bonds is 9. The molecule has 0 spiro atoms. The summed E-state index contributed by atoms with van der Waals surface area (Å²) < 4.78 is 65.5. The average Bonchev–Trinajstić information content (AvgIpc) is 3.73. The van der Waals surface area contributed by atoms with Crippen molar-refractivity contribution in [2.75, 3.05) is 36.5 Å². The molecule has 0 radical (unpaired) electrons. The fourth-order valence-corrected chi connectivity index (χ4v) is 8.36. The van der Waals surface area contributed by atoms with Crippen molar-refractivity contribution in [2.24, 2.45) is 0 Å². The van der Waals surface area contributed by atoms with E-state index in [-0.39, 0.29) is 42.2 Å². The first-order valence-corrected chi connectivity index (χ1v) is 18.5. The number of hydrogen-bond donors (Lipinski definition) is 2. The molecule has 2 N–H and O–H groups in total. The lowest BCUT2D eigenvalue weighted by Crippen LogP contribution is -2.65. The zero-order valence-corrected chi connectivity index (χ0v) is 31.3. The van der Waals surface area contributed by atoms with E-state index in [1.54, 1.807) is 23.2 Å². The molecule has 3 fully saturated rings. The van der Waals surface area contributed by atoms with Crippen molar-refractivity contribution in [1.29, 1.82) is 0 Å². The van der Waals surface area contributed by atoms with Crippen LogP contribution in [-0.2, 0) is 14.9 Å². The van der Waals surface area contributed by atoms with Crippen molar-refractivity contribution in [3.8, 4) is 11.3 Å². The largest absolute Gasteiger partial charge is 0.379 e. The summed E-state index contributed by atoms with van der Waals surface area (Å²) in [5, 5.41) is 4.28. The summed E-state index contributed by atoms with van der Waals surface area (Å²) in [5.41, 5.74) is -0.378. The molecule has 2 saturated carbocycles. The van der Waals surface area contributed by atoms with Crippen LogP contribution in [0.1, 0.15) is 82.4 Å². The maximum absolute atomic E-state index is 15.6. The number of morpholine rings is 1. The van der Waals surface area contributed by atoms with Crippen molar-refractivity contribution >= 4 is 51.6 Å². The summed E-state index contributed by atoms with van der Waals surface area (Å²) in [7, 11) is 0. The van der Waals surface area contributed by atoms with Crippen molar-refractivity contribution in [3.05, 3.63) is 58.6 Å². The van der Waals surface area contributed by atoms with E-state index in [2.05, 4.69) is 27.4 Å². The maximum atomic E-state index is 15.6. The zero-order valence-electron chi connectivity index (χ0n) is 30.6. The van der Waals surface area contributed by atoms with E-state index in [0.717, 1.165) is 32.0 Å². The van der Waals surface area contributed by atoms with E-state index in [0.29, 0.717) is 46.9 Å². The van der Waals surface area contributed by atoms with Gasteiger partial charge in [0.25, 0.3) is 12.3 Å². The molecule has 4 aliphatic rings. The minimum Gasteiger partial charge on any atom is -0.379 e. The second kappa shape index (κ2) is 12.9. The number of halogens is 5. The van der Waals surface area contributed by atoms with Gasteiger partial charge in [-0.25, -0.2) is 27.5 Å². The number of alkyl halides is 2. The summed E-state index contributed by atoms with van der Waals surface area (Å²) in [4.78, 5) is 45.7. The predicted octanol–water partition coefficient (Wildman–Crippen LogP) is 7.15. The number of benzene rings is 1. The second-order valence-electron chi connectivity index (χ2n) is 16.0. The van der Waals surface area contributed by atoms with E-state index in [1.807, 2.05) is 38.7 Å². The number of carbonyl (C=O) groups excluding carboxylic acids is 2. The van der Waals surface area contributed by atoms with Gasteiger partial charge in [0.1, 0.15) is 11.1 Å². The van der Waals surface area contributed by atoms with Crippen LogP contribution in [0.25, 0.3) is 22.3 Å². The molecular formula is C38H41ClF4N8O3. The van der Waals surface area contributed by atoms with Crippen molar-refractivity contribution in [2.45, 2.75) is 95.3 Å². The first kappa shape index (κ1) is 36.6. The van der Waals surface area contributed by atoms with Crippen LogP contribution in [0.15, 0.2) is 30.7 Å². The summed E-state index contributed by atoms with van der Waals surface area (Å²) in [6, 6.07) is 4.49. The molecule has 286 valence electrons. The van der Waals surface area contributed by atoms with Crippen LogP contribution in [-0.4, -0.2) is 86.1 Å². The molecule has 1 saturated heterocycles. The lowest BCUT2D eigenvalue weighted by Gasteiger charge is -2.55. The molecule has 4 aromatic rings. The van der Waals surface area contributed by atoms with Gasteiger partial charge in [0, 0.05) is 42.5 Å². The van der Waals surface area contributed by atoms with Gasteiger partial charge in [0.2, 0.25) is 5.91 Å². The minimum atomic E-state index is -2.84. The molecule has 0 unspecified atom stereocenters. The predicted molar refractivity (Wildman–Crippen MR) is 196 cm³/mol.